The van der Waals surface area contributed by atoms with Gasteiger partial charge in [-0.2, -0.15) is 0 Å². The van der Waals surface area contributed by atoms with Crippen LogP contribution in [-0.4, -0.2) is 50.3 Å². The first kappa shape index (κ1) is 19.8. The molecule has 1 aromatic carbocycles. The average molecular weight is 431 g/mol. The van der Waals surface area contributed by atoms with Crippen molar-refractivity contribution in [1.29, 1.82) is 0 Å². The monoisotopic (exact) mass is 430 g/mol. The van der Waals surface area contributed by atoms with Gasteiger partial charge in [0.05, 0.1) is 46.8 Å². The van der Waals surface area contributed by atoms with Crippen molar-refractivity contribution in [3.05, 3.63) is 40.7 Å². The van der Waals surface area contributed by atoms with Crippen molar-refractivity contribution >= 4 is 27.2 Å². The molecule has 0 radical (unpaired) electrons. The zero-order valence-corrected chi connectivity index (χ0v) is 18.2. The molecule has 5 rings (SSSR count). The van der Waals surface area contributed by atoms with Crippen molar-refractivity contribution in [2.24, 2.45) is 0 Å². The summed E-state index contributed by atoms with van der Waals surface area (Å²) in [5, 5.41) is 1.02. The molecular formula is C23H26F2N3OS+. The minimum absolute atomic E-state index is 0.0778. The lowest BCUT2D eigenvalue weighted by Gasteiger charge is -2.29. The van der Waals surface area contributed by atoms with Crippen LogP contribution in [0.25, 0.3) is 20.8 Å². The summed E-state index contributed by atoms with van der Waals surface area (Å²) in [6.45, 7) is 8.29. The second-order valence-corrected chi connectivity index (χ2v) is 9.46. The van der Waals surface area contributed by atoms with Crippen LogP contribution in [0.3, 0.4) is 0 Å². The SMILES string of the molecule is Cc1cc(=[N+]2CCC(F)(F)CC2)cc2sc3cc(N4CCOCC4)cc(C)c3nc1-2. The Morgan fingerprint density at radius 3 is 2.50 bits per heavy atom. The normalized spacial score (nSPS) is 19.6. The molecule has 1 aliphatic carbocycles. The fourth-order valence-electron chi connectivity index (χ4n) is 4.41. The number of fused-ring (bicyclic) bond motifs is 2. The third-order valence-electron chi connectivity index (χ3n) is 6.18. The van der Waals surface area contributed by atoms with E-state index >= 15 is 0 Å². The number of aromatic nitrogens is 1. The average Bonchev–Trinajstić information content (AvgIpc) is 2.73. The number of rotatable bonds is 1. The lowest BCUT2D eigenvalue weighted by molar-refractivity contribution is -0.0321. The maximum atomic E-state index is 13.6. The van der Waals surface area contributed by atoms with Crippen LogP contribution in [0.2, 0.25) is 0 Å². The summed E-state index contributed by atoms with van der Waals surface area (Å²) in [6.07, 6.45) is -0.156. The van der Waals surface area contributed by atoms with E-state index in [4.69, 9.17) is 9.72 Å². The molecular weight excluding hydrogens is 404 g/mol. The minimum Gasteiger partial charge on any atom is -0.378 e. The van der Waals surface area contributed by atoms with E-state index in [1.807, 2.05) is 0 Å². The van der Waals surface area contributed by atoms with E-state index in [1.165, 1.54) is 11.3 Å². The Kier molecular flexibility index (Phi) is 4.98. The zero-order valence-electron chi connectivity index (χ0n) is 17.4. The van der Waals surface area contributed by atoms with Crippen LogP contribution in [0.5, 0.6) is 0 Å². The Morgan fingerprint density at radius 1 is 1.03 bits per heavy atom. The van der Waals surface area contributed by atoms with Crippen molar-refractivity contribution in [2.45, 2.75) is 32.6 Å². The number of morpholine rings is 1. The lowest BCUT2D eigenvalue weighted by Crippen LogP contribution is -2.42. The molecule has 0 atom stereocenters. The minimum atomic E-state index is -2.53. The molecule has 1 aromatic rings. The molecule has 158 valence electrons. The van der Waals surface area contributed by atoms with E-state index in [9.17, 15) is 8.78 Å². The summed E-state index contributed by atoms with van der Waals surface area (Å²) in [7, 11) is 0. The molecule has 0 bridgehead atoms. The van der Waals surface area contributed by atoms with Crippen molar-refractivity contribution in [1.82, 2.24) is 9.56 Å². The van der Waals surface area contributed by atoms with E-state index in [-0.39, 0.29) is 12.8 Å². The van der Waals surface area contributed by atoms with E-state index in [0.717, 1.165) is 58.0 Å². The molecule has 4 aliphatic rings. The molecule has 0 N–H and O–H groups in total. The highest BCUT2D eigenvalue weighted by atomic mass is 32.1. The van der Waals surface area contributed by atoms with Gasteiger partial charge in [-0.1, -0.05) is 0 Å². The number of ether oxygens (including phenoxy) is 1. The highest BCUT2D eigenvalue weighted by Gasteiger charge is 2.36. The van der Waals surface area contributed by atoms with E-state index in [1.54, 1.807) is 11.3 Å². The number of nitrogens with zero attached hydrogens (tertiary/aromatic N) is 3. The standard InChI is InChI=1S/C23H26F2N3OS/c1-15-11-17(27-5-3-23(24,25)4-6-27)13-19-21(15)26-22-16(2)12-18(14-20(22)30-19)28-7-9-29-10-8-28/h11-14H,3-10H2,1-2H3/q+1. The Balaban J connectivity index is 1.63. The van der Waals surface area contributed by atoms with Gasteiger partial charge >= 0.3 is 0 Å². The quantitative estimate of drug-likeness (QED) is 0.431. The van der Waals surface area contributed by atoms with Crippen LogP contribution in [0.15, 0.2) is 24.3 Å². The molecule has 3 aliphatic heterocycles. The van der Waals surface area contributed by atoms with E-state index < -0.39 is 5.92 Å². The Bertz CT molecular complexity index is 1140. The number of benzene rings is 2. The van der Waals surface area contributed by atoms with Crippen LogP contribution in [0, 0.1) is 13.8 Å². The van der Waals surface area contributed by atoms with Gasteiger partial charge in [-0.05, 0) is 37.1 Å². The predicted octanol–water partition coefficient (Wildman–Crippen LogP) is 4.06. The number of hydrogen-bond acceptors (Lipinski definition) is 4. The van der Waals surface area contributed by atoms with Gasteiger partial charge in [-0.25, -0.2) is 18.3 Å². The summed E-state index contributed by atoms with van der Waals surface area (Å²) in [5.41, 5.74) is 5.52. The summed E-state index contributed by atoms with van der Waals surface area (Å²) >= 11 is 1.74. The molecule has 0 aromatic heterocycles. The number of hydrogen-bond donors (Lipinski definition) is 0. The lowest BCUT2D eigenvalue weighted by atomic mass is 10.1. The summed E-state index contributed by atoms with van der Waals surface area (Å²) in [4.78, 5) is 8.47. The number of halogens is 2. The topological polar surface area (TPSA) is 28.4 Å². The van der Waals surface area contributed by atoms with Gasteiger partial charge in [0.25, 0.3) is 5.92 Å². The smallest absolute Gasteiger partial charge is 0.260 e. The number of alkyl halides is 2. The molecule has 0 saturated carbocycles. The molecule has 4 nitrogen and oxygen atoms in total. The Labute approximate surface area is 178 Å². The maximum Gasteiger partial charge on any atom is 0.260 e. The van der Waals surface area contributed by atoms with Gasteiger partial charge in [0, 0.05) is 30.9 Å². The summed E-state index contributed by atoms with van der Waals surface area (Å²) < 4.78 is 35.9. The first-order valence-electron chi connectivity index (χ1n) is 10.5. The molecule has 30 heavy (non-hydrogen) atoms. The second-order valence-electron chi connectivity index (χ2n) is 8.38. The summed E-state index contributed by atoms with van der Waals surface area (Å²) in [5.74, 6) is -2.53. The van der Waals surface area contributed by atoms with Crippen molar-refractivity contribution < 1.29 is 13.5 Å². The van der Waals surface area contributed by atoms with E-state index in [0.29, 0.717) is 13.1 Å². The van der Waals surface area contributed by atoms with Crippen LogP contribution >= 0.6 is 11.3 Å². The van der Waals surface area contributed by atoms with Gasteiger partial charge in [0.2, 0.25) is 5.36 Å². The maximum absolute atomic E-state index is 13.6. The number of aryl methyl sites for hydroxylation is 2. The van der Waals surface area contributed by atoms with Crippen molar-refractivity contribution in [3.8, 4) is 10.6 Å². The largest absolute Gasteiger partial charge is 0.378 e. The van der Waals surface area contributed by atoms with Crippen LogP contribution in [0.4, 0.5) is 14.5 Å². The highest BCUT2D eigenvalue weighted by molar-refractivity contribution is 7.21. The third-order valence-corrected chi connectivity index (χ3v) is 7.24. The van der Waals surface area contributed by atoms with Gasteiger partial charge in [-0.15, -0.1) is 11.3 Å². The first-order chi connectivity index (χ1) is 14.4. The highest BCUT2D eigenvalue weighted by Crippen LogP contribution is 2.35. The molecule has 0 unspecified atom stereocenters. The van der Waals surface area contributed by atoms with E-state index in [2.05, 4.69) is 47.6 Å². The Morgan fingerprint density at radius 2 is 1.77 bits per heavy atom. The molecule has 0 amide bonds. The summed E-state index contributed by atoms with van der Waals surface area (Å²) in [6, 6.07) is 8.67. The van der Waals surface area contributed by atoms with Gasteiger partial charge in [0.15, 0.2) is 0 Å². The van der Waals surface area contributed by atoms with Crippen LogP contribution < -0.4 is 14.8 Å². The Hall–Kier alpha value is -2.12. The molecule has 7 heteroatoms. The molecule has 3 heterocycles. The van der Waals surface area contributed by atoms with Crippen molar-refractivity contribution in [2.75, 3.05) is 44.3 Å². The molecule has 2 saturated heterocycles. The number of anilines is 1. The molecule has 2 fully saturated rings. The fraction of sp³-hybridized carbons (Fsp3) is 0.478. The molecule has 0 spiro atoms. The van der Waals surface area contributed by atoms with Gasteiger partial charge < -0.3 is 9.64 Å². The first-order valence-corrected chi connectivity index (χ1v) is 11.4. The third kappa shape index (κ3) is 3.69. The number of piperidine rings is 1. The van der Waals surface area contributed by atoms with Crippen LogP contribution in [-0.2, 0) is 4.74 Å². The van der Waals surface area contributed by atoms with Crippen LogP contribution in [0.1, 0.15) is 24.0 Å². The van der Waals surface area contributed by atoms with Gasteiger partial charge in [0.1, 0.15) is 13.1 Å². The zero-order chi connectivity index (χ0) is 20.9. The predicted molar refractivity (Wildman–Crippen MR) is 118 cm³/mol. The van der Waals surface area contributed by atoms with Gasteiger partial charge in [-0.3, -0.25) is 0 Å². The fourth-order valence-corrected chi connectivity index (χ4v) is 5.61. The second kappa shape index (κ2) is 7.54. The van der Waals surface area contributed by atoms with Crippen molar-refractivity contribution in [3.63, 3.8) is 0 Å².